The molecule has 0 bridgehead atoms. The molecule has 0 saturated carbocycles. The van der Waals surface area contributed by atoms with Crippen molar-refractivity contribution in [1.29, 1.82) is 0 Å². The van der Waals surface area contributed by atoms with Gasteiger partial charge in [-0.05, 0) is 19.1 Å². The number of rotatable bonds is 5. The lowest BCUT2D eigenvalue weighted by atomic mass is 10.1. The lowest BCUT2D eigenvalue weighted by Gasteiger charge is -2.10. The van der Waals surface area contributed by atoms with Crippen LogP contribution in [0.25, 0.3) is 0 Å². The lowest BCUT2D eigenvalue weighted by molar-refractivity contribution is 0.102. The minimum absolute atomic E-state index is 0.228. The van der Waals surface area contributed by atoms with Crippen LogP contribution < -0.4 is 9.47 Å². The molecule has 1 heterocycles. The monoisotopic (exact) mass is 294 g/mol. The average molecular weight is 295 g/mol. The summed E-state index contributed by atoms with van der Waals surface area (Å²) in [5, 5.41) is 4.40. The van der Waals surface area contributed by atoms with Crippen LogP contribution in [0.15, 0.2) is 24.4 Å². The molecule has 2 aromatic rings. The summed E-state index contributed by atoms with van der Waals surface area (Å²) in [6, 6.07) is 5.02. The molecule has 0 aliphatic heterocycles. The second kappa shape index (κ2) is 5.96. The van der Waals surface area contributed by atoms with Crippen molar-refractivity contribution in [1.82, 2.24) is 9.78 Å². The Morgan fingerprint density at radius 1 is 1.35 bits per heavy atom. The molecule has 0 atom stereocenters. The number of carbonyl (C=O) groups is 1. The Morgan fingerprint density at radius 3 is 2.70 bits per heavy atom. The molecule has 0 saturated heterocycles. The summed E-state index contributed by atoms with van der Waals surface area (Å²) in [5.41, 5.74) is 0.781. The van der Waals surface area contributed by atoms with Gasteiger partial charge in [0.1, 0.15) is 17.2 Å². The molecule has 0 unspecified atom stereocenters. The summed E-state index contributed by atoms with van der Waals surface area (Å²) >= 11 is 6.05. The maximum atomic E-state index is 12.6. The predicted octanol–water partition coefficient (Wildman–Crippen LogP) is 2.80. The maximum absolute atomic E-state index is 12.6. The number of halogens is 1. The number of carbonyl (C=O) groups excluding carboxylic acids is 1. The smallest absolute Gasteiger partial charge is 0.216 e. The van der Waals surface area contributed by atoms with Gasteiger partial charge in [-0.2, -0.15) is 5.10 Å². The maximum Gasteiger partial charge on any atom is 0.216 e. The Hall–Kier alpha value is -2.01. The first-order chi connectivity index (χ1) is 9.62. The normalized spacial score (nSPS) is 10.4. The van der Waals surface area contributed by atoms with Crippen molar-refractivity contribution in [3.63, 3.8) is 0 Å². The number of aryl methyl sites for hydroxylation is 1. The standard InChI is InChI=1S/C14H15ClN2O3/c1-4-17-13(11(15)8-16-17)14(18)10-6-5-9(19-2)7-12(10)20-3/h5-8H,4H2,1-3H3. The van der Waals surface area contributed by atoms with Crippen molar-refractivity contribution in [2.24, 2.45) is 0 Å². The minimum Gasteiger partial charge on any atom is -0.497 e. The quantitative estimate of drug-likeness (QED) is 0.796. The van der Waals surface area contributed by atoms with E-state index in [0.29, 0.717) is 34.3 Å². The van der Waals surface area contributed by atoms with Crippen molar-refractivity contribution in [3.8, 4) is 11.5 Å². The number of ether oxygens (including phenoxy) is 2. The highest BCUT2D eigenvalue weighted by Gasteiger charge is 2.22. The van der Waals surface area contributed by atoms with Crippen LogP contribution in [0.2, 0.25) is 5.02 Å². The van der Waals surface area contributed by atoms with E-state index in [1.807, 2.05) is 6.92 Å². The first-order valence-electron chi connectivity index (χ1n) is 6.10. The molecule has 0 aliphatic carbocycles. The Bertz CT molecular complexity index is 637. The summed E-state index contributed by atoms with van der Waals surface area (Å²) in [6.07, 6.45) is 1.47. The molecule has 0 amide bonds. The third-order valence-electron chi connectivity index (χ3n) is 2.96. The summed E-state index contributed by atoms with van der Waals surface area (Å²) in [5.74, 6) is 0.830. The van der Waals surface area contributed by atoms with Crippen LogP contribution in [0.5, 0.6) is 11.5 Å². The predicted molar refractivity (Wildman–Crippen MR) is 75.9 cm³/mol. The lowest BCUT2D eigenvalue weighted by Crippen LogP contribution is -2.12. The summed E-state index contributed by atoms with van der Waals surface area (Å²) in [4.78, 5) is 12.6. The third-order valence-corrected chi connectivity index (χ3v) is 3.24. The van der Waals surface area contributed by atoms with Gasteiger partial charge in [0.15, 0.2) is 0 Å². The van der Waals surface area contributed by atoms with Crippen LogP contribution in [-0.2, 0) is 6.54 Å². The van der Waals surface area contributed by atoms with Gasteiger partial charge < -0.3 is 9.47 Å². The van der Waals surface area contributed by atoms with E-state index in [2.05, 4.69) is 5.10 Å². The van der Waals surface area contributed by atoms with Gasteiger partial charge in [0.25, 0.3) is 0 Å². The van der Waals surface area contributed by atoms with Gasteiger partial charge >= 0.3 is 0 Å². The van der Waals surface area contributed by atoms with Crippen LogP contribution in [0.3, 0.4) is 0 Å². The van der Waals surface area contributed by atoms with E-state index in [0.717, 1.165) is 0 Å². The zero-order valence-electron chi connectivity index (χ0n) is 11.5. The first kappa shape index (κ1) is 14.4. The van der Waals surface area contributed by atoms with Crippen molar-refractivity contribution >= 4 is 17.4 Å². The molecular weight excluding hydrogens is 280 g/mol. The topological polar surface area (TPSA) is 53.4 Å². The van der Waals surface area contributed by atoms with Gasteiger partial charge in [0, 0.05) is 12.6 Å². The number of hydrogen-bond donors (Lipinski definition) is 0. The number of hydrogen-bond acceptors (Lipinski definition) is 4. The van der Waals surface area contributed by atoms with Gasteiger partial charge in [0.05, 0.1) is 31.0 Å². The SMILES string of the molecule is CCn1ncc(Cl)c1C(=O)c1ccc(OC)cc1OC. The van der Waals surface area contributed by atoms with Gasteiger partial charge in [0.2, 0.25) is 5.78 Å². The zero-order chi connectivity index (χ0) is 14.7. The van der Waals surface area contributed by atoms with Crippen LogP contribution in [-0.4, -0.2) is 29.8 Å². The molecule has 0 aliphatic rings. The second-order valence-electron chi connectivity index (χ2n) is 4.05. The molecule has 0 N–H and O–H groups in total. The van der Waals surface area contributed by atoms with Crippen LogP contribution >= 0.6 is 11.6 Å². The van der Waals surface area contributed by atoms with Crippen LogP contribution in [0, 0.1) is 0 Å². The van der Waals surface area contributed by atoms with Crippen molar-refractivity contribution in [2.75, 3.05) is 14.2 Å². The fraction of sp³-hybridized carbons (Fsp3) is 0.286. The Balaban J connectivity index is 2.50. The van der Waals surface area contributed by atoms with Gasteiger partial charge in [-0.25, -0.2) is 0 Å². The highest BCUT2D eigenvalue weighted by atomic mass is 35.5. The molecule has 106 valence electrons. The molecule has 0 radical (unpaired) electrons. The fourth-order valence-corrected chi connectivity index (χ4v) is 2.17. The molecular formula is C14H15ClN2O3. The minimum atomic E-state index is -0.228. The Morgan fingerprint density at radius 2 is 2.10 bits per heavy atom. The Kier molecular flexibility index (Phi) is 4.29. The van der Waals surface area contributed by atoms with Crippen LogP contribution in [0.4, 0.5) is 0 Å². The number of ketones is 1. The number of nitrogens with zero attached hydrogens (tertiary/aromatic N) is 2. The fourth-order valence-electron chi connectivity index (χ4n) is 1.94. The second-order valence-corrected chi connectivity index (χ2v) is 4.46. The molecule has 0 fully saturated rings. The van der Waals surface area contributed by atoms with E-state index in [4.69, 9.17) is 21.1 Å². The first-order valence-corrected chi connectivity index (χ1v) is 6.48. The largest absolute Gasteiger partial charge is 0.497 e. The molecule has 5 nitrogen and oxygen atoms in total. The third kappa shape index (κ3) is 2.49. The van der Waals surface area contributed by atoms with Crippen molar-refractivity contribution in [2.45, 2.75) is 13.5 Å². The summed E-state index contributed by atoms with van der Waals surface area (Å²) in [7, 11) is 3.06. The van der Waals surface area contributed by atoms with Crippen molar-refractivity contribution in [3.05, 3.63) is 40.7 Å². The average Bonchev–Trinajstić information content (AvgIpc) is 2.86. The number of methoxy groups -OCH3 is 2. The van der Waals surface area contributed by atoms with E-state index in [1.54, 1.807) is 30.0 Å². The molecule has 1 aromatic carbocycles. The van der Waals surface area contributed by atoms with E-state index >= 15 is 0 Å². The van der Waals surface area contributed by atoms with Crippen molar-refractivity contribution < 1.29 is 14.3 Å². The van der Waals surface area contributed by atoms with E-state index < -0.39 is 0 Å². The molecule has 2 rings (SSSR count). The molecule has 6 heteroatoms. The van der Waals surface area contributed by atoms with E-state index in [1.165, 1.54) is 13.3 Å². The Labute approximate surface area is 122 Å². The van der Waals surface area contributed by atoms with Crippen LogP contribution in [0.1, 0.15) is 23.0 Å². The van der Waals surface area contributed by atoms with Gasteiger partial charge in [-0.1, -0.05) is 11.6 Å². The molecule has 0 spiro atoms. The van der Waals surface area contributed by atoms with E-state index in [9.17, 15) is 4.79 Å². The highest BCUT2D eigenvalue weighted by molar-refractivity contribution is 6.34. The molecule has 20 heavy (non-hydrogen) atoms. The highest BCUT2D eigenvalue weighted by Crippen LogP contribution is 2.28. The van der Waals surface area contributed by atoms with E-state index in [-0.39, 0.29) is 5.78 Å². The number of aromatic nitrogens is 2. The summed E-state index contributed by atoms with van der Waals surface area (Å²) in [6.45, 7) is 2.46. The zero-order valence-corrected chi connectivity index (χ0v) is 12.3. The van der Waals surface area contributed by atoms with Gasteiger partial charge in [-0.3, -0.25) is 9.48 Å². The molecule has 1 aromatic heterocycles. The number of benzene rings is 1. The van der Waals surface area contributed by atoms with Gasteiger partial charge in [-0.15, -0.1) is 0 Å². The summed E-state index contributed by atoms with van der Waals surface area (Å²) < 4.78 is 11.9.